The number of methoxy groups -OCH3 is 1. The van der Waals surface area contributed by atoms with E-state index in [1.807, 2.05) is 32.0 Å². The van der Waals surface area contributed by atoms with Gasteiger partial charge in [0.15, 0.2) is 6.10 Å². The van der Waals surface area contributed by atoms with Crippen molar-refractivity contribution < 1.29 is 14.3 Å². The van der Waals surface area contributed by atoms with Crippen molar-refractivity contribution in [3.05, 3.63) is 59.2 Å². The molecule has 0 heterocycles. The first-order chi connectivity index (χ1) is 10.0. The van der Waals surface area contributed by atoms with Crippen molar-refractivity contribution in [1.29, 1.82) is 0 Å². The maximum absolute atomic E-state index is 12.3. The van der Waals surface area contributed by atoms with Crippen molar-refractivity contribution in [2.45, 2.75) is 26.9 Å². The third-order valence-electron chi connectivity index (χ3n) is 3.53. The lowest BCUT2D eigenvalue weighted by Crippen LogP contribution is -2.23. The Kier molecular flexibility index (Phi) is 4.63. The van der Waals surface area contributed by atoms with Crippen LogP contribution in [0.3, 0.4) is 0 Å². The maximum Gasteiger partial charge on any atom is 0.202 e. The van der Waals surface area contributed by atoms with E-state index in [0.717, 1.165) is 11.3 Å². The summed E-state index contributed by atoms with van der Waals surface area (Å²) in [6, 6.07) is 12.9. The Labute approximate surface area is 125 Å². The molecule has 2 rings (SSSR count). The number of aryl methyl sites for hydroxylation is 2. The molecule has 0 saturated carbocycles. The van der Waals surface area contributed by atoms with E-state index in [2.05, 4.69) is 0 Å². The van der Waals surface area contributed by atoms with E-state index < -0.39 is 6.10 Å². The van der Waals surface area contributed by atoms with Gasteiger partial charge in [0.2, 0.25) is 5.78 Å². The molecule has 0 aliphatic carbocycles. The van der Waals surface area contributed by atoms with Crippen LogP contribution in [0.15, 0.2) is 42.5 Å². The lowest BCUT2D eigenvalue weighted by Gasteiger charge is -2.15. The highest BCUT2D eigenvalue weighted by atomic mass is 16.5. The van der Waals surface area contributed by atoms with Gasteiger partial charge in [-0.15, -0.1) is 0 Å². The lowest BCUT2D eigenvalue weighted by atomic mass is 10.1. The minimum Gasteiger partial charge on any atom is -0.497 e. The van der Waals surface area contributed by atoms with Crippen LogP contribution in [0.5, 0.6) is 11.5 Å². The number of carbonyl (C=O) groups is 1. The first-order valence-corrected chi connectivity index (χ1v) is 6.93. The second-order valence-corrected chi connectivity index (χ2v) is 5.10. The minimum atomic E-state index is -0.527. The molecule has 0 saturated heterocycles. The summed E-state index contributed by atoms with van der Waals surface area (Å²) in [7, 11) is 1.60. The van der Waals surface area contributed by atoms with Gasteiger partial charge >= 0.3 is 0 Å². The number of hydrogen-bond donors (Lipinski definition) is 0. The molecule has 0 aliphatic heterocycles. The standard InChI is InChI=1S/C18H20O3/c1-12-5-8-17(11-13(12)2)21-14(3)18(19)15-6-9-16(20-4)10-7-15/h5-11,14H,1-4H3. The zero-order valence-corrected chi connectivity index (χ0v) is 12.8. The zero-order chi connectivity index (χ0) is 15.4. The van der Waals surface area contributed by atoms with Crippen LogP contribution in [-0.2, 0) is 0 Å². The SMILES string of the molecule is COc1ccc(C(=O)C(C)Oc2ccc(C)c(C)c2)cc1. The van der Waals surface area contributed by atoms with E-state index in [4.69, 9.17) is 9.47 Å². The molecule has 0 radical (unpaired) electrons. The number of ether oxygens (including phenoxy) is 2. The largest absolute Gasteiger partial charge is 0.497 e. The molecule has 2 aromatic carbocycles. The average molecular weight is 284 g/mol. The Morgan fingerprint density at radius 2 is 1.57 bits per heavy atom. The van der Waals surface area contributed by atoms with Crippen LogP contribution in [0.1, 0.15) is 28.4 Å². The van der Waals surface area contributed by atoms with Crippen molar-refractivity contribution in [1.82, 2.24) is 0 Å². The fraction of sp³-hybridized carbons (Fsp3) is 0.278. The van der Waals surface area contributed by atoms with Crippen LogP contribution in [0.2, 0.25) is 0 Å². The number of hydrogen-bond acceptors (Lipinski definition) is 3. The topological polar surface area (TPSA) is 35.5 Å². The van der Waals surface area contributed by atoms with Gasteiger partial charge in [0.1, 0.15) is 11.5 Å². The Balaban J connectivity index is 2.09. The molecular formula is C18H20O3. The summed E-state index contributed by atoms with van der Waals surface area (Å²) < 4.78 is 10.8. The van der Waals surface area contributed by atoms with Gasteiger partial charge in [-0.1, -0.05) is 6.07 Å². The van der Waals surface area contributed by atoms with Crippen LogP contribution in [-0.4, -0.2) is 19.0 Å². The Morgan fingerprint density at radius 3 is 2.14 bits per heavy atom. The summed E-state index contributed by atoms with van der Waals surface area (Å²) >= 11 is 0. The molecule has 0 N–H and O–H groups in total. The molecule has 0 bridgehead atoms. The van der Waals surface area contributed by atoms with E-state index in [1.165, 1.54) is 5.56 Å². The summed E-state index contributed by atoms with van der Waals surface area (Å²) in [6.07, 6.45) is -0.527. The normalized spacial score (nSPS) is 11.8. The van der Waals surface area contributed by atoms with Crippen molar-refractivity contribution in [2.75, 3.05) is 7.11 Å². The van der Waals surface area contributed by atoms with Gasteiger partial charge in [-0.3, -0.25) is 4.79 Å². The highest BCUT2D eigenvalue weighted by Crippen LogP contribution is 2.19. The van der Waals surface area contributed by atoms with Crippen LogP contribution in [0.4, 0.5) is 0 Å². The molecule has 0 aromatic heterocycles. The summed E-state index contributed by atoms with van der Waals surface area (Å²) in [5.74, 6) is 1.40. The predicted octanol–water partition coefficient (Wildman–Crippen LogP) is 3.96. The highest BCUT2D eigenvalue weighted by Gasteiger charge is 2.17. The predicted molar refractivity (Wildman–Crippen MR) is 83.3 cm³/mol. The van der Waals surface area contributed by atoms with Gasteiger partial charge in [0.25, 0.3) is 0 Å². The third kappa shape index (κ3) is 3.63. The van der Waals surface area contributed by atoms with E-state index in [-0.39, 0.29) is 5.78 Å². The van der Waals surface area contributed by atoms with Crippen molar-refractivity contribution in [3.63, 3.8) is 0 Å². The monoisotopic (exact) mass is 284 g/mol. The smallest absolute Gasteiger partial charge is 0.202 e. The molecule has 1 atom stereocenters. The molecule has 0 fully saturated rings. The summed E-state index contributed by atoms with van der Waals surface area (Å²) in [5.41, 5.74) is 2.97. The second kappa shape index (κ2) is 6.44. The second-order valence-electron chi connectivity index (χ2n) is 5.10. The third-order valence-corrected chi connectivity index (χ3v) is 3.53. The summed E-state index contributed by atoms with van der Waals surface area (Å²) in [6.45, 7) is 5.84. The minimum absolute atomic E-state index is 0.0455. The first-order valence-electron chi connectivity index (χ1n) is 6.93. The molecule has 3 heteroatoms. The van der Waals surface area contributed by atoms with E-state index in [1.54, 1.807) is 38.3 Å². The molecule has 2 aromatic rings. The molecule has 1 unspecified atom stereocenters. The quantitative estimate of drug-likeness (QED) is 0.780. The van der Waals surface area contributed by atoms with Gasteiger partial charge in [-0.2, -0.15) is 0 Å². The number of carbonyl (C=O) groups excluding carboxylic acids is 1. The number of rotatable bonds is 5. The number of benzene rings is 2. The van der Waals surface area contributed by atoms with E-state index in [0.29, 0.717) is 11.3 Å². The molecular weight excluding hydrogens is 264 g/mol. The molecule has 110 valence electrons. The molecule has 3 nitrogen and oxygen atoms in total. The van der Waals surface area contributed by atoms with Gasteiger partial charge in [-0.25, -0.2) is 0 Å². The highest BCUT2D eigenvalue weighted by molar-refractivity contribution is 5.99. The molecule has 21 heavy (non-hydrogen) atoms. The van der Waals surface area contributed by atoms with E-state index >= 15 is 0 Å². The first kappa shape index (κ1) is 15.1. The fourth-order valence-electron chi connectivity index (χ4n) is 2.03. The van der Waals surface area contributed by atoms with Crippen molar-refractivity contribution in [2.24, 2.45) is 0 Å². The molecule has 0 spiro atoms. The van der Waals surface area contributed by atoms with Crippen LogP contribution in [0.25, 0.3) is 0 Å². The number of Topliss-reactive ketones (excluding diaryl/α,β-unsaturated/α-hetero) is 1. The zero-order valence-electron chi connectivity index (χ0n) is 12.8. The van der Waals surface area contributed by atoms with Crippen molar-refractivity contribution >= 4 is 5.78 Å². The summed E-state index contributed by atoms with van der Waals surface area (Å²) in [4.78, 5) is 12.3. The van der Waals surface area contributed by atoms with Gasteiger partial charge < -0.3 is 9.47 Å². The van der Waals surface area contributed by atoms with Gasteiger partial charge in [0.05, 0.1) is 7.11 Å². The van der Waals surface area contributed by atoms with Crippen LogP contribution in [0, 0.1) is 13.8 Å². The fourth-order valence-corrected chi connectivity index (χ4v) is 2.03. The average Bonchev–Trinajstić information content (AvgIpc) is 2.50. The summed E-state index contributed by atoms with van der Waals surface area (Å²) in [5, 5.41) is 0. The Hall–Kier alpha value is -2.29. The molecule has 0 amide bonds. The lowest BCUT2D eigenvalue weighted by molar-refractivity contribution is 0.0818. The van der Waals surface area contributed by atoms with Gasteiger partial charge in [0, 0.05) is 5.56 Å². The molecule has 0 aliphatic rings. The number of ketones is 1. The van der Waals surface area contributed by atoms with Crippen LogP contribution < -0.4 is 9.47 Å². The van der Waals surface area contributed by atoms with Crippen molar-refractivity contribution in [3.8, 4) is 11.5 Å². The van der Waals surface area contributed by atoms with Gasteiger partial charge in [-0.05, 0) is 68.3 Å². The maximum atomic E-state index is 12.3. The van der Waals surface area contributed by atoms with E-state index in [9.17, 15) is 4.79 Å². The Morgan fingerprint density at radius 1 is 0.952 bits per heavy atom. The van der Waals surface area contributed by atoms with Crippen LogP contribution >= 0.6 is 0 Å². The Bertz CT molecular complexity index is 629.